The van der Waals surface area contributed by atoms with Crippen molar-refractivity contribution in [2.45, 2.75) is 32.3 Å². The van der Waals surface area contributed by atoms with E-state index in [9.17, 15) is 9.59 Å². The molecule has 2 aliphatic rings. The topological polar surface area (TPSA) is 52.6 Å². The van der Waals surface area contributed by atoms with Crippen molar-refractivity contribution in [2.24, 2.45) is 11.8 Å². The lowest BCUT2D eigenvalue weighted by Gasteiger charge is -2.27. The maximum absolute atomic E-state index is 11.6. The molecule has 1 saturated carbocycles. The van der Waals surface area contributed by atoms with Crippen LogP contribution in [0.2, 0.25) is 0 Å². The van der Waals surface area contributed by atoms with Gasteiger partial charge in [0.2, 0.25) is 0 Å². The van der Waals surface area contributed by atoms with Crippen LogP contribution in [0.15, 0.2) is 12.2 Å². The molecule has 88 valence electrons. The summed E-state index contributed by atoms with van der Waals surface area (Å²) < 4.78 is 10.3. The Bertz CT molecular complexity index is 334. The summed E-state index contributed by atoms with van der Waals surface area (Å²) in [7, 11) is 0. The Labute approximate surface area is 94.6 Å². The third kappa shape index (κ3) is 2.10. The van der Waals surface area contributed by atoms with Crippen molar-refractivity contribution in [3.63, 3.8) is 0 Å². The van der Waals surface area contributed by atoms with Gasteiger partial charge in [0, 0.05) is 5.57 Å². The van der Waals surface area contributed by atoms with E-state index in [4.69, 9.17) is 9.47 Å². The molecule has 0 radical (unpaired) electrons. The Morgan fingerprint density at radius 3 is 3.00 bits per heavy atom. The molecule has 1 aliphatic heterocycles. The normalized spacial score (nSPS) is 32.1. The SMILES string of the molecule is C=C(C)C(=O)OCC1C(=O)OC2CCC1C2. The number of rotatable bonds is 3. The lowest BCUT2D eigenvalue weighted by molar-refractivity contribution is -0.164. The van der Waals surface area contributed by atoms with Gasteiger partial charge in [0.25, 0.3) is 0 Å². The first-order valence-electron chi connectivity index (χ1n) is 5.61. The number of hydrogen-bond acceptors (Lipinski definition) is 4. The highest BCUT2D eigenvalue weighted by Crippen LogP contribution is 2.39. The largest absolute Gasteiger partial charge is 0.462 e. The van der Waals surface area contributed by atoms with E-state index in [-0.39, 0.29) is 24.6 Å². The lowest BCUT2D eigenvalue weighted by atomic mass is 9.90. The summed E-state index contributed by atoms with van der Waals surface area (Å²) in [5.41, 5.74) is 0.355. The summed E-state index contributed by atoms with van der Waals surface area (Å²) in [6.45, 7) is 5.21. The highest BCUT2D eigenvalue weighted by Gasteiger charge is 2.43. The van der Waals surface area contributed by atoms with E-state index in [1.807, 2.05) is 0 Å². The second-order valence-corrected chi connectivity index (χ2v) is 4.62. The molecule has 2 rings (SSSR count). The van der Waals surface area contributed by atoms with Crippen molar-refractivity contribution in [1.29, 1.82) is 0 Å². The zero-order chi connectivity index (χ0) is 11.7. The van der Waals surface area contributed by atoms with Crippen LogP contribution in [0.4, 0.5) is 0 Å². The van der Waals surface area contributed by atoms with Crippen LogP contribution in [-0.4, -0.2) is 24.6 Å². The molecular formula is C12H16O4. The predicted octanol–water partition coefficient (Wildman–Crippen LogP) is 1.45. The summed E-state index contributed by atoms with van der Waals surface area (Å²) >= 11 is 0. The number of carbonyl (C=O) groups is 2. The minimum Gasteiger partial charge on any atom is -0.462 e. The maximum Gasteiger partial charge on any atom is 0.333 e. The fraction of sp³-hybridized carbons (Fsp3) is 0.667. The van der Waals surface area contributed by atoms with Gasteiger partial charge in [-0.1, -0.05) is 6.58 Å². The Morgan fingerprint density at radius 1 is 1.56 bits per heavy atom. The molecule has 4 heteroatoms. The fourth-order valence-corrected chi connectivity index (χ4v) is 2.38. The molecule has 3 atom stereocenters. The van der Waals surface area contributed by atoms with Crippen LogP contribution in [0, 0.1) is 11.8 Å². The van der Waals surface area contributed by atoms with E-state index < -0.39 is 5.97 Å². The molecule has 0 N–H and O–H groups in total. The van der Waals surface area contributed by atoms with Crippen molar-refractivity contribution >= 4 is 11.9 Å². The first-order chi connectivity index (χ1) is 7.58. The first-order valence-corrected chi connectivity index (χ1v) is 5.61. The summed E-state index contributed by atoms with van der Waals surface area (Å²) in [6, 6.07) is 0. The highest BCUT2D eigenvalue weighted by molar-refractivity contribution is 5.87. The number of hydrogen-bond donors (Lipinski definition) is 0. The molecule has 0 aromatic rings. The van der Waals surface area contributed by atoms with Crippen LogP contribution in [0.3, 0.4) is 0 Å². The summed E-state index contributed by atoms with van der Waals surface area (Å²) in [5.74, 6) is -0.604. The highest BCUT2D eigenvalue weighted by atomic mass is 16.6. The van der Waals surface area contributed by atoms with Crippen molar-refractivity contribution in [3.05, 3.63) is 12.2 Å². The second-order valence-electron chi connectivity index (χ2n) is 4.62. The summed E-state index contributed by atoms with van der Waals surface area (Å²) in [6.07, 6.45) is 2.96. The number of esters is 2. The molecule has 1 saturated heterocycles. The Hall–Kier alpha value is -1.32. The molecule has 0 amide bonds. The van der Waals surface area contributed by atoms with E-state index in [0.717, 1.165) is 19.3 Å². The minimum absolute atomic E-state index is 0.102. The lowest BCUT2D eigenvalue weighted by Crippen LogP contribution is -2.35. The van der Waals surface area contributed by atoms with Crippen LogP contribution in [-0.2, 0) is 19.1 Å². The van der Waals surface area contributed by atoms with E-state index in [1.165, 1.54) is 0 Å². The van der Waals surface area contributed by atoms with Crippen molar-refractivity contribution in [3.8, 4) is 0 Å². The smallest absolute Gasteiger partial charge is 0.333 e. The molecule has 3 unspecified atom stereocenters. The summed E-state index contributed by atoms with van der Waals surface area (Å²) in [4.78, 5) is 22.8. The monoisotopic (exact) mass is 224 g/mol. The van der Waals surface area contributed by atoms with E-state index >= 15 is 0 Å². The number of ether oxygens (including phenoxy) is 2. The maximum atomic E-state index is 11.6. The quantitative estimate of drug-likeness (QED) is 0.537. The molecule has 0 aromatic heterocycles. The van der Waals surface area contributed by atoms with Gasteiger partial charge in [-0.25, -0.2) is 4.79 Å². The average molecular weight is 224 g/mol. The molecule has 1 aliphatic carbocycles. The van der Waals surface area contributed by atoms with Gasteiger partial charge < -0.3 is 9.47 Å². The predicted molar refractivity (Wildman–Crippen MR) is 56.5 cm³/mol. The zero-order valence-corrected chi connectivity index (χ0v) is 9.40. The van der Waals surface area contributed by atoms with Crippen LogP contribution in [0.1, 0.15) is 26.2 Å². The van der Waals surface area contributed by atoms with Gasteiger partial charge in [0.05, 0.1) is 5.92 Å². The molecule has 16 heavy (non-hydrogen) atoms. The molecule has 0 aromatic carbocycles. The van der Waals surface area contributed by atoms with Crippen LogP contribution < -0.4 is 0 Å². The van der Waals surface area contributed by atoms with Crippen LogP contribution in [0.5, 0.6) is 0 Å². The van der Waals surface area contributed by atoms with Crippen LogP contribution in [0.25, 0.3) is 0 Å². The average Bonchev–Trinajstić information content (AvgIpc) is 2.60. The van der Waals surface area contributed by atoms with E-state index in [1.54, 1.807) is 6.92 Å². The van der Waals surface area contributed by atoms with Gasteiger partial charge in [-0.3, -0.25) is 4.79 Å². The van der Waals surface area contributed by atoms with Crippen LogP contribution >= 0.6 is 0 Å². The van der Waals surface area contributed by atoms with Gasteiger partial charge in [-0.2, -0.15) is 0 Å². The second kappa shape index (κ2) is 4.28. The standard InChI is InChI=1S/C12H16O4/c1-7(2)11(13)15-6-10-8-3-4-9(5-8)16-12(10)14/h8-10H,1,3-6H2,2H3. The van der Waals surface area contributed by atoms with Crippen molar-refractivity contribution < 1.29 is 19.1 Å². The van der Waals surface area contributed by atoms with Gasteiger partial charge in [-0.05, 0) is 32.1 Å². The molecule has 2 bridgehead atoms. The third-order valence-corrected chi connectivity index (χ3v) is 3.32. The van der Waals surface area contributed by atoms with E-state index in [0.29, 0.717) is 11.5 Å². The third-order valence-electron chi connectivity index (χ3n) is 3.32. The Morgan fingerprint density at radius 2 is 2.31 bits per heavy atom. The van der Waals surface area contributed by atoms with Gasteiger partial charge in [0.15, 0.2) is 0 Å². The molecular weight excluding hydrogens is 208 g/mol. The van der Waals surface area contributed by atoms with Gasteiger partial charge in [-0.15, -0.1) is 0 Å². The molecule has 2 fully saturated rings. The van der Waals surface area contributed by atoms with Gasteiger partial charge >= 0.3 is 11.9 Å². The van der Waals surface area contributed by atoms with Crippen molar-refractivity contribution in [2.75, 3.05) is 6.61 Å². The number of carbonyl (C=O) groups excluding carboxylic acids is 2. The fourth-order valence-electron chi connectivity index (χ4n) is 2.38. The van der Waals surface area contributed by atoms with Gasteiger partial charge in [0.1, 0.15) is 12.7 Å². The minimum atomic E-state index is -0.437. The summed E-state index contributed by atoms with van der Waals surface area (Å²) in [5, 5.41) is 0. The first kappa shape index (κ1) is 11.2. The Balaban J connectivity index is 1.91. The number of fused-ring (bicyclic) bond motifs is 2. The van der Waals surface area contributed by atoms with Crippen molar-refractivity contribution in [1.82, 2.24) is 0 Å². The Kier molecular flexibility index (Phi) is 2.99. The van der Waals surface area contributed by atoms with E-state index in [2.05, 4.69) is 6.58 Å². The molecule has 4 nitrogen and oxygen atoms in total. The molecule has 1 heterocycles. The zero-order valence-electron chi connectivity index (χ0n) is 9.40. The molecule has 0 spiro atoms.